The molecule has 0 atom stereocenters. The highest BCUT2D eigenvalue weighted by molar-refractivity contribution is 6.06. The summed E-state index contributed by atoms with van der Waals surface area (Å²) >= 11 is 0. The molecule has 0 heterocycles. The van der Waals surface area contributed by atoms with Crippen molar-refractivity contribution in [2.45, 2.75) is 6.92 Å². The van der Waals surface area contributed by atoms with E-state index in [9.17, 15) is 9.18 Å². The smallest absolute Gasteiger partial charge is 0.258 e. The Morgan fingerprint density at radius 1 is 1.16 bits per heavy atom. The van der Waals surface area contributed by atoms with Crippen LogP contribution >= 0.6 is 0 Å². The van der Waals surface area contributed by atoms with Gasteiger partial charge in [-0.3, -0.25) is 4.79 Å². The van der Waals surface area contributed by atoms with E-state index in [0.717, 1.165) is 11.3 Å². The Bertz CT molecular complexity index is 608. The molecule has 0 spiro atoms. The van der Waals surface area contributed by atoms with Gasteiger partial charge < -0.3 is 10.6 Å². The van der Waals surface area contributed by atoms with E-state index in [1.807, 2.05) is 31.2 Å². The molecule has 0 saturated heterocycles. The topological polar surface area (TPSA) is 46.3 Å². The Balaban J connectivity index is 2.28. The Kier molecular flexibility index (Phi) is 3.51. The largest absolute Gasteiger partial charge is 0.396 e. The van der Waals surface area contributed by atoms with Gasteiger partial charge in [-0.25, -0.2) is 4.39 Å². The summed E-state index contributed by atoms with van der Waals surface area (Å²) in [6.07, 6.45) is 0. The molecule has 98 valence electrons. The van der Waals surface area contributed by atoms with E-state index in [1.165, 1.54) is 23.1 Å². The molecular formula is C15H15FN2O. The third-order valence-electron chi connectivity index (χ3n) is 2.97. The normalized spacial score (nSPS) is 10.3. The van der Waals surface area contributed by atoms with Crippen LogP contribution in [0.3, 0.4) is 0 Å². The van der Waals surface area contributed by atoms with Crippen molar-refractivity contribution in [3.8, 4) is 0 Å². The fourth-order valence-electron chi connectivity index (χ4n) is 1.76. The lowest BCUT2D eigenvalue weighted by atomic mass is 10.1. The molecule has 0 fully saturated rings. The number of halogens is 1. The number of rotatable bonds is 2. The monoisotopic (exact) mass is 258 g/mol. The highest BCUT2D eigenvalue weighted by Crippen LogP contribution is 2.18. The predicted octanol–water partition coefficient (Wildman–Crippen LogP) is 2.99. The second-order valence-corrected chi connectivity index (χ2v) is 4.44. The molecule has 2 rings (SSSR count). The molecule has 0 aliphatic rings. The molecule has 2 N–H and O–H groups in total. The van der Waals surface area contributed by atoms with Gasteiger partial charge >= 0.3 is 0 Å². The number of amides is 1. The summed E-state index contributed by atoms with van der Waals surface area (Å²) in [4.78, 5) is 13.7. The number of nitrogens with two attached hydrogens (primary N) is 1. The van der Waals surface area contributed by atoms with Gasteiger partial charge in [-0.2, -0.15) is 0 Å². The number of benzene rings is 2. The zero-order valence-electron chi connectivity index (χ0n) is 10.9. The minimum atomic E-state index is -0.519. The average molecular weight is 258 g/mol. The second-order valence-electron chi connectivity index (χ2n) is 4.44. The summed E-state index contributed by atoms with van der Waals surface area (Å²) in [5.74, 6) is -0.745. The van der Waals surface area contributed by atoms with Crippen LogP contribution in [0.4, 0.5) is 15.8 Å². The minimum absolute atomic E-state index is 0.0249. The number of aryl methyl sites for hydroxylation is 1. The Labute approximate surface area is 111 Å². The maximum Gasteiger partial charge on any atom is 0.258 e. The fraction of sp³-hybridized carbons (Fsp3) is 0.133. The van der Waals surface area contributed by atoms with Crippen LogP contribution in [0.5, 0.6) is 0 Å². The Morgan fingerprint density at radius 3 is 2.37 bits per heavy atom. The van der Waals surface area contributed by atoms with Crippen LogP contribution in [0.1, 0.15) is 15.9 Å². The number of hydrogen-bond donors (Lipinski definition) is 1. The van der Waals surface area contributed by atoms with E-state index < -0.39 is 5.82 Å². The molecule has 2 aromatic carbocycles. The van der Waals surface area contributed by atoms with Gasteiger partial charge in [0.25, 0.3) is 5.91 Å². The lowest BCUT2D eigenvalue weighted by Gasteiger charge is -2.17. The van der Waals surface area contributed by atoms with Crippen molar-refractivity contribution in [3.63, 3.8) is 0 Å². The molecule has 0 aliphatic heterocycles. The summed E-state index contributed by atoms with van der Waals surface area (Å²) < 4.78 is 13.1. The van der Waals surface area contributed by atoms with Crippen molar-refractivity contribution in [2.75, 3.05) is 17.7 Å². The van der Waals surface area contributed by atoms with Crippen molar-refractivity contribution < 1.29 is 9.18 Å². The highest BCUT2D eigenvalue weighted by atomic mass is 19.1. The SMILES string of the molecule is Cc1ccc(N(C)C(=O)c2ccc(F)c(N)c2)cc1. The van der Waals surface area contributed by atoms with Crippen LogP contribution in [0.15, 0.2) is 42.5 Å². The van der Waals surface area contributed by atoms with Crippen LogP contribution < -0.4 is 10.6 Å². The molecular weight excluding hydrogens is 243 g/mol. The van der Waals surface area contributed by atoms with Gasteiger partial charge in [-0.1, -0.05) is 17.7 Å². The van der Waals surface area contributed by atoms with Crippen LogP contribution in [0.25, 0.3) is 0 Å². The summed E-state index contributed by atoms with van der Waals surface area (Å²) in [6, 6.07) is 11.6. The molecule has 0 bridgehead atoms. The fourth-order valence-corrected chi connectivity index (χ4v) is 1.76. The second kappa shape index (κ2) is 5.10. The van der Waals surface area contributed by atoms with Crippen LogP contribution in [-0.4, -0.2) is 13.0 Å². The molecule has 0 unspecified atom stereocenters. The zero-order valence-corrected chi connectivity index (χ0v) is 10.9. The van der Waals surface area contributed by atoms with Gasteiger partial charge in [-0.15, -0.1) is 0 Å². The van der Waals surface area contributed by atoms with E-state index in [0.29, 0.717) is 5.56 Å². The van der Waals surface area contributed by atoms with E-state index in [4.69, 9.17) is 5.73 Å². The molecule has 0 aromatic heterocycles. The van der Waals surface area contributed by atoms with E-state index in [2.05, 4.69) is 0 Å². The molecule has 0 aliphatic carbocycles. The van der Waals surface area contributed by atoms with E-state index >= 15 is 0 Å². The molecule has 3 nitrogen and oxygen atoms in total. The molecule has 4 heteroatoms. The summed E-state index contributed by atoms with van der Waals surface area (Å²) in [6.45, 7) is 1.98. The molecule has 19 heavy (non-hydrogen) atoms. The quantitative estimate of drug-likeness (QED) is 0.842. The molecule has 2 aromatic rings. The first kappa shape index (κ1) is 13.1. The van der Waals surface area contributed by atoms with Crippen LogP contribution in [0, 0.1) is 12.7 Å². The maximum absolute atomic E-state index is 13.1. The lowest BCUT2D eigenvalue weighted by molar-refractivity contribution is 0.0993. The van der Waals surface area contributed by atoms with E-state index in [1.54, 1.807) is 7.05 Å². The number of hydrogen-bond acceptors (Lipinski definition) is 2. The van der Waals surface area contributed by atoms with Crippen molar-refractivity contribution in [1.29, 1.82) is 0 Å². The zero-order chi connectivity index (χ0) is 14.0. The van der Waals surface area contributed by atoms with Gasteiger partial charge in [0.1, 0.15) is 5.82 Å². The first-order valence-electron chi connectivity index (χ1n) is 5.89. The van der Waals surface area contributed by atoms with Crippen molar-refractivity contribution in [3.05, 3.63) is 59.4 Å². The number of carbonyl (C=O) groups excluding carboxylic acids is 1. The number of anilines is 2. The summed E-state index contributed by atoms with van der Waals surface area (Å²) in [5, 5.41) is 0. The summed E-state index contributed by atoms with van der Waals surface area (Å²) in [7, 11) is 1.67. The first-order valence-corrected chi connectivity index (χ1v) is 5.89. The summed E-state index contributed by atoms with van der Waals surface area (Å²) in [5.41, 5.74) is 7.71. The van der Waals surface area contributed by atoms with Crippen molar-refractivity contribution >= 4 is 17.3 Å². The number of nitrogen functional groups attached to an aromatic ring is 1. The van der Waals surface area contributed by atoms with Crippen LogP contribution in [0.2, 0.25) is 0 Å². The van der Waals surface area contributed by atoms with Gasteiger partial charge in [0, 0.05) is 18.3 Å². The van der Waals surface area contributed by atoms with Gasteiger partial charge in [0.05, 0.1) is 5.69 Å². The van der Waals surface area contributed by atoms with Gasteiger partial charge in [0.2, 0.25) is 0 Å². The maximum atomic E-state index is 13.1. The number of nitrogens with zero attached hydrogens (tertiary/aromatic N) is 1. The standard InChI is InChI=1S/C15H15FN2O/c1-10-3-6-12(7-4-10)18(2)15(19)11-5-8-13(16)14(17)9-11/h3-9H,17H2,1-2H3. The third-order valence-corrected chi connectivity index (χ3v) is 2.97. The van der Waals surface area contributed by atoms with Gasteiger partial charge in [-0.05, 0) is 37.3 Å². The van der Waals surface area contributed by atoms with Crippen LogP contribution in [-0.2, 0) is 0 Å². The third kappa shape index (κ3) is 2.73. The van der Waals surface area contributed by atoms with E-state index in [-0.39, 0.29) is 11.6 Å². The average Bonchev–Trinajstić information content (AvgIpc) is 2.41. The molecule has 0 radical (unpaired) electrons. The van der Waals surface area contributed by atoms with Gasteiger partial charge in [0.15, 0.2) is 0 Å². The highest BCUT2D eigenvalue weighted by Gasteiger charge is 2.14. The predicted molar refractivity (Wildman–Crippen MR) is 74.7 cm³/mol. The number of carbonyl (C=O) groups is 1. The van der Waals surface area contributed by atoms with Crippen molar-refractivity contribution in [1.82, 2.24) is 0 Å². The van der Waals surface area contributed by atoms with Crippen molar-refractivity contribution in [2.24, 2.45) is 0 Å². The lowest BCUT2D eigenvalue weighted by Crippen LogP contribution is -2.26. The molecule has 0 saturated carbocycles. The molecule has 1 amide bonds. The minimum Gasteiger partial charge on any atom is -0.396 e. The Hall–Kier alpha value is -2.36. The Morgan fingerprint density at radius 2 is 1.79 bits per heavy atom. The first-order chi connectivity index (χ1) is 8.99.